The molecule has 0 bridgehead atoms. The summed E-state index contributed by atoms with van der Waals surface area (Å²) >= 11 is 0. The number of pyridine rings is 1. The van der Waals surface area contributed by atoms with Gasteiger partial charge in [0.2, 0.25) is 5.82 Å². The van der Waals surface area contributed by atoms with E-state index >= 15 is 0 Å². The van der Waals surface area contributed by atoms with Crippen LogP contribution in [0.5, 0.6) is 0 Å². The normalized spacial score (nSPS) is 10.3. The SMILES string of the molecule is CCCCNC(=O)N(Cc1ccc(-c2ccccc2C#N)cc1)c1nccc(C)c1[N+](=O)[O-]. The lowest BCUT2D eigenvalue weighted by atomic mass is 9.99. The summed E-state index contributed by atoms with van der Waals surface area (Å²) in [6.45, 7) is 4.21. The molecule has 0 spiro atoms. The second-order valence-electron chi connectivity index (χ2n) is 7.58. The second kappa shape index (κ2) is 10.9. The number of benzene rings is 2. The molecule has 0 unspecified atom stereocenters. The number of rotatable bonds is 8. The first kappa shape index (κ1) is 23.4. The predicted molar refractivity (Wildman–Crippen MR) is 127 cm³/mol. The molecular weight excluding hydrogens is 418 g/mol. The summed E-state index contributed by atoms with van der Waals surface area (Å²) in [4.78, 5) is 29.7. The Morgan fingerprint density at radius 3 is 2.58 bits per heavy atom. The quantitative estimate of drug-likeness (QED) is 0.286. The first-order chi connectivity index (χ1) is 16.0. The molecule has 1 heterocycles. The van der Waals surface area contributed by atoms with Gasteiger partial charge in [0.25, 0.3) is 0 Å². The lowest BCUT2D eigenvalue weighted by Gasteiger charge is -2.22. The number of hydrogen-bond acceptors (Lipinski definition) is 5. The Labute approximate surface area is 192 Å². The zero-order valence-electron chi connectivity index (χ0n) is 18.6. The minimum absolute atomic E-state index is 0.00732. The fraction of sp³-hybridized carbons (Fsp3) is 0.240. The molecule has 0 radical (unpaired) electrons. The number of aromatic nitrogens is 1. The summed E-state index contributed by atoms with van der Waals surface area (Å²) in [5.41, 5.74) is 3.27. The molecule has 0 atom stereocenters. The van der Waals surface area contributed by atoms with Crippen molar-refractivity contribution < 1.29 is 9.72 Å². The molecule has 0 aliphatic carbocycles. The maximum Gasteiger partial charge on any atom is 0.323 e. The Kier molecular flexibility index (Phi) is 7.71. The van der Waals surface area contributed by atoms with Crippen molar-refractivity contribution in [3.8, 4) is 17.2 Å². The molecule has 8 nitrogen and oxygen atoms in total. The number of nitro groups is 1. The van der Waals surface area contributed by atoms with Gasteiger partial charge < -0.3 is 5.32 Å². The topological polar surface area (TPSA) is 112 Å². The fourth-order valence-electron chi connectivity index (χ4n) is 3.47. The number of carbonyl (C=O) groups is 1. The number of hydrogen-bond donors (Lipinski definition) is 1. The van der Waals surface area contributed by atoms with Crippen LogP contribution in [-0.4, -0.2) is 22.5 Å². The van der Waals surface area contributed by atoms with Gasteiger partial charge in [-0.2, -0.15) is 5.26 Å². The van der Waals surface area contributed by atoms with E-state index in [9.17, 15) is 20.2 Å². The molecule has 3 aromatic rings. The number of unbranched alkanes of at least 4 members (excludes halogenated alkanes) is 1. The van der Waals surface area contributed by atoms with E-state index in [0.717, 1.165) is 29.5 Å². The van der Waals surface area contributed by atoms with Gasteiger partial charge in [0.05, 0.1) is 23.1 Å². The van der Waals surface area contributed by atoms with Gasteiger partial charge in [-0.15, -0.1) is 0 Å². The lowest BCUT2D eigenvalue weighted by molar-refractivity contribution is -0.384. The molecule has 168 valence electrons. The van der Waals surface area contributed by atoms with Gasteiger partial charge in [-0.1, -0.05) is 55.8 Å². The number of nitrogens with one attached hydrogen (secondary N) is 1. The summed E-state index contributed by atoms with van der Waals surface area (Å²) in [6, 6.07) is 18.1. The van der Waals surface area contributed by atoms with Crippen LogP contribution >= 0.6 is 0 Å². The molecule has 1 N–H and O–H groups in total. The molecule has 2 aromatic carbocycles. The van der Waals surface area contributed by atoms with Crippen molar-refractivity contribution in [1.29, 1.82) is 5.26 Å². The molecular formula is C25H25N5O3. The van der Waals surface area contributed by atoms with Crippen LogP contribution in [0.1, 0.15) is 36.5 Å². The Morgan fingerprint density at radius 2 is 1.91 bits per heavy atom. The third-order valence-electron chi connectivity index (χ3n) is 5.25. The Morgan fingerprint density at radius 1 is 1.18 bits per heavy atom. The van der Waals surface area contributed by atoms with Gasteiger partial charge in [0.15, 0.2) is 0 Å². The summed E-state index contributed by atoms with van der Waals surface area (Å²) in [5, 5.41) is 23.9. The number of anilines is 1. The van der Waals surface area contributed by atoms with E-state index in [-0.39, 0.29) is 18.1 Å². The van der Waals surface area contributed by atoms with Crippen molar-refractivity contribution in [2.24, 2.45) is 0 Å². The average Bonchev–Trinajstić information content (AvgIpc) is 2.82. The first-order valence-corrected chi connectivity index (χ1v) is 10.7. The van der Waals surface area contributed by atoms with Gasteiger partial charge in [0, 0.05) is 18.3 Å². The molecule has 0 saturated carbocycles. The van der Waals surface area contributed by atoms with E-state index in [2.05, 4.69) is 16.4 Å². The van der Waals surface area contributed by atoms with E-state index in [1.165, 1.54) is 11.1 Å². The van der Waals surface area contributed by atoms with Crippen LogP contribution in [0.4, 0.5) is 16.3 Å². The van der Waals surface area contributed by atoms with Crippen molar-refractivity contribution in [2.75, 3.05) is 11.4 Å². The van der Waals surface area contributed by atoms with Crippen molar-refractivity contribution in [2.45, 2.75) is 33.2 Å². The maximum absolute atomic E-state index is 13.0. The van der Waals surface area contributed by atoms with Crippen molar-refractivity contribution in [1.82, 2.24) is 10.3 Å². The number of nitriles is 1. The van der Waals surface area contributed by atoms with Crippen LogP contribution in [-0.2, 0) is 6.54 Å². The fourth-order valence-corrected chi connectivity index (χ4v) is 3.47. The van der Waals surface area contributed by atoms with Crippen molar-refractivity contribution in [3.63, 3.8) is 0 Å². The van der Waals surface area contributed by atoms with Crippen LogP contribution in [0.15, 0.2) is 60.8 Å². The highest BCUT2D eigenvalue weighted by molar-refractivity contribution is 5.93. The van der Waals surface area contributed by atoms with E-state index in [0.29, 0.717) is 17.7 Å². The van der Waals surface area contributed by atoms with Crippen molar-refractivity contribution in [3.05, 3.63) is 87.6 Å². The molecule has 8 heteroatoms. The van der Waals surface area contributed by atoms with Crippen LogP contribution in [0.3, 0.4) is 0 Å². The zero-order chi connectivity index (χ0) is 23.8. The van der Waals surface area contributed by atoms with Crippen LogP contribution in [0.2, 0.25) is 0 Å². The second-order valence-corrected chi connectivity index (χ2v) is 7.58. The zero-order valence-corrected chi connectivity index (χ0v) is 18.6. The first-order valence-electron chi connectivity index (χ1n) is 10.7. The van der Waals surface area contributed by atoms with Gasteiger partial charge >= 0.3 is 11.7 Å². The Bertz CT molecular complexity index is 1190. The lowest BCUT2D eigenvalue weighted by Crippen LogP contribution is -2.41. The van der Waals surface area contributed by atoms with E-state index in [1.54, 1.807) is 19.1 Å². The Hall–Kier alpha value is -4.25. The van der Waals surface area contributed by atoms with E-state index in [1.807, 2.05) is 49.4 Å². The maximum atomic E-state index is 13.0. The largest absolute Gasteiger partial charge is 0.338 e. The third-order valence-corrected chi connectivity index (χ3v) is 5.25. The average molecular weight is 444 g/mol. The molecule has 1 aromatic heterocycles. The minimum Gasteiger partial charge on any atom is -0.338 e. The summed E-state index contributed by atoms with van der Waals surface area (Å²) in [6.07, 6.45) is 3.18. The summed E-state index contributed by atoms with van der Waals surface area (Å²) in [7, 11) is 0. The van der Waals surface area contributed by atoms with Gasteiger partial charge in [0.1, 0.15) is 0 Å². The summed E-state index contributed by atoms with van der Waals surface area (Å²) < 4.78 is 0. The molecule has 33 heavy (non-hydrogen) atoms. The molecule has 3 rings (SSSR count). The highest BCUT2D eigenvalue weighted by Crippen LogP contribution is 2.31. The highest BCUT2D eigenvalue weighted by atomic mass is 16.6. The molecule has 0 aliphatic heterocycles. The monoisotopic (exact) mass is 443 g/mol. The number of nitrogens with zero attached hydrogens (tertiary/aromatic N) is 4. The van der Waals surface area contributed by atoms with Crippen molar-refractivity contribution >= 4 is 17.5 Å². The number of urea groups is 1. The van der Waals surface area contributed by atoms with Gasteiger partial charge in [-0.25, -0.2) is 9.78 Å². The van der Waals surface area contributed by atoms with Crippen LogP contribution in [0.25, 0.3) is 11.1 Å². The molecule has 2 amide bonds. The number of carbonyl (C=O) groups excluding carboxylic acids is 1. The molecule has 0 fully saturated rings. The number of aryl methyl sites for hydroxylation is 1. The predicted octanol–water partition coefficient (Wildman–Crippen LogP) is 5.35. The smallest absolute Gasteiger partial charge is 0.323 e. The van der Waals surface area contributed by atoms with E-state index in [4.69, 9.17) is 0 Å². The van der Waals surface area contributed by atoms with Gasteiger partial charge in [-0.3, -0.25) is 15.0 Å². The molecule has 0 aliphatic rings. The molecule has 0 saturated heterocycles. The summed E-state index contributed by atoms with van der Waals surface area (Å²) in [5.74, 6) is 0.00732. The third kappa shape index (κ3) is 5.52. The number of amides is 2. The van der Waals surface area contributed by atoms with Crippen LogP contribution in [0, 0.1) is 28.4 Å². The van der Waals surface area contributed by atoms with E-state index < -0.39 is 11.0 Å². The van der Waals surface area contributed by atoms with Crippen LogP contribution < -0.4 is 10.2 Å². The standard InChI is InChI=1S/C25H25N5O3/c1-3-4-14-28-25(31)29(24-23(30(32)33)18(2)13-15-27-24)17-19-9-11-20(12-10-19)22-8-6-5-7-21(22)16-26/h5-13,15H,3-4,14,17H2,1-2H3,(H,28,31). The van der Waals surface area contributed by atoms with Gasteiger partial charge in [-0.05, 0) is 42.2 Å². The Balaban J connectivity index is 1.94. The highest BCUT2D eigenvalue weighted by Gasteiger charge is 2.28. The minimum atomic E-state index is -0.508.